The summed E-state index contributed by atoms with van der Waals surface area (Å²) in [6.07, 6.45) is 0. The molecule has 0 heterocycles. The lowest BCUT2D eigenvalue weighted by atomic mass is 10.1. The summed E-state index contributed by atoms with van der Waals surface area (Å²) >= 11 is 0. The normalized spacial score (nSPS) is 11.8. The number of aryl methyl sites for hydroxylation is 1. The summed E-state index contributed by atoms with van der Waals surface area (Å²) in [5.41, 5.74) is 2.66. The molecule has 2 aromatic rings. The van der Waals surface area contributed by atoms with E-state index in [0.717, 1.165) is 11.1 Å². The van der Waals surface area contributed by atoms with Gasteiger partial charge in [-0.05, 0) is 37.2 Å². The Hall–Kier alpha value is -2.33. The molecule has 1 atom stereocenters. The monoisotopic (exact) mass is 284 g/mol. The van der Waals surface area contributed by atoms with E-state index in [4.69, 9.17) is 4.74 Å². The van der Waals surface area contributed by atoms with Crippen LogP contribution in [-0.4, -0.2) is 20.1 Å². The smallest absolute Gasteiger partial charge is 0.246 e. The number of hydrogen-bond donors (Lipinski definition) is 2. The number of anilines is 1. The summed E-state index contributed by atoms with van der Waals surface area (Å²) in [5, 5.41) is 5.96. The van der Waals surface area contributed by atoms with E-state index in [1.165, 1.54) is 0 Å². The molecule has 4 heteroatoms. The third kappa shape index (κ3) is 3.61. The molecule has 1 amide bonds. The van der Waals surface area contributed by atoms with E-state index in [1.54, 1.807) is 14.2 Å². The van der Waals surface area contributed by atoms with E-state index in [2.05, 4.69) is 10.6 Å². The highest BCUT2D eigenvalue weighted by Crippen LogP contribution is 2.26. The molecule has 0 spiro atoms. The number of rotatable bonds is 5. The van der Waals surface area contributed by atoms with Crippen LogP contribution in [0.4, 0.5) is 5.69 Å². The minimum atomic E-state index is -0.406. The van der Waals surface area contributed by atoms with Gasteiger partial charge in [-0.1, -0.05) is 36.4 Å². The Bertz CT molecular complexity index is 611. The number of likely N-dealkylation sites (N-methyl/N-ethyl adjacent to an activating group) is 1. The first-order valence-electron chi connectivity index (χ1n) is 6.83. The molecule has 0 aliphatic heterocycles. The zero-order valence-corrected chi connectivity index (χ0v) is 12.5. The number of methoxy groups -OCH3 is 1. The summed E-state index contributed by atoms with van der Waals surface area (Å²) in [4.78, 5) is 12.5. The molecule has 2 rings (SSSR count). The van der Waals surface area contributed by atoms with Gasteiger partial charge in [0, 0.05) is 0 Å². The van der Waals surface area contributed by atoms with Crippen LogP contribution >= 0.6 is 0 Å². The molecule has 0 unspecified atom stereocenters. The molecule has 0 radical (unpaired) electrons. The molecule has 2 N–H and O–H groups in total. The molecule has 0 aromatic heterocycles. The Kier molecular flexibility index (Phi) is 4.95. The van der Waals surface area contributed by atoms with Gasteiger partial charge in [-0.2, -0.15) is 0 Å². The van der Waals surface area contributed by atoms with Crippen molar-refractivity contribution in [3.05, 3.63) is 59.7 Å². The molecule has 110 valence electrons. The van der Waals surface area contributed by atoms with E-state index < -0.39 is 6.04 Å². The lowest BCUT2D eigenvalue weighted by Gasteiger charge is -2.18. The van der Waals surface area contributed by atoms with Gasteiger partial charge in [-0.3, -0.25) is 4.79 Å². The van der Waals surface area contributed by atoms with Gasteiger partial charge >= 0.3 is 0 Å². The van der Waals surface area contributed by atoms with Gasteiger partial charge in [0.05, 0.1) is 12.8 Å². The predicted molar refractivity (Wildman–Crippen MR) is 84.6 cm³/mol. The lowest BCUT2D eigenvalue weighted by Crippen LogP contribution is -2.30. The molecule has 4 nitrogen and oxygen atoms in total. The van der Waals surface area contributed by atoms with Crippen molar-refractivity contribution >= 4 is 11.6 Å². The Labute approximate surface area is 125 Å². The van der Waals surface area contributed by atoms with Crippen molar-refractivity contribution in [3.63, 3.8) is 0 Å². The first-order valence-corrected chi connectivity index (χ1v) is 6.83. The van der Waals surface area contributed by atoms with Crippen molar-refractivity contribution in [2.45, 2.75) is 13.0 Å². The van der Waals surface area contributed by atoms with Crippen LogP contribution in [0.3, 0.4) is 0 Å². The van der Waals surface area contributed by atoms with E-state index >= 15 is 0 Å². The Morgan fingerprint density at radius 3 is 2.48 bits per heavy atom. The van der Waals surface area contributed by atoms with Crippen molar-refractivity contribution in [1.82, 2.24) is 5.32 Å². The summed E-state index contributed by atoms with van der Waals surface area (Å²) in [6.45, 7) is 1.97. The van der Waals surface area contributed by atoms with Gasteiger partial charge in [-0.25, -0.2) is 0 Å². The van der Waals surface area contributed by atoms with Gasteiger partial charge < -0.3 is 15.4 Å². The molecule has 0 bridgehead atoms. The minimum Gasteiger partial charge on any atom is -0.495 e. The van der Waals surface area contributed by atoms with Crippen molar-refractivity contribution in [2.24, 2.45) is 0 Å². The average Bonchev–Trinajstić information content (AvgIpc) is 2.49. The highest BCUT2D eigenvalue weighted by atomic mass is 16.5. The largest absolute Gasteiger partial charge is 0.495 e. The van der Waals surface area contributed by atoms with Gasteiger partial charge in [0.25, 0.3) is 0 Å². The number of hydrogen-bond acceptors (Lipinski definition) is 3. The second kappa shape index (κ2) is 6.90. The van der Waals surface area contributed by atoms with Crippen LogP contribution in [0.5, 0.6) is 5.75 Å². The molecular weight excluding hydrogens is 264 g/mol. The van der Waals surface area contributed by atoms with Crippen LogP contribution in [0.2, 0.25) is 0 Å². The quantitative estimate of drug-likeness (QED) is 0.887. The number of amides is 1. The van der Waals surface area contributed by atoms with Crippen LogP contribution in [0.1, 0.15) is 17.2 Å². The van der Waals surface area contributed by atoms with E-state index in [1.807, 2.05) is 55.5 Å². The van der Waals surface area contributed by atoms with Crippen LogP contribution in [0.15, 0.2) is 48.5 Å². The molecular formula is C17H20N2O2. The molecule has 0 saturated heterocycles. The van der Waals surface area contributed by atoms with Crippen molar-refractivity contribution in [3.8, 4) is 5.75 Å². The van der Waals surface area contributed by atoms with Crippen molar-refractivity contribution in [2.75, 3.05) is 19.5 Å². The second-order valence-electron chi connectivity index (χ2n) is 4.83. The fourth-order valence-electron chi connectivity index (χ4n) is 2.22. The topological polar surface area (TPSA) is 50.4 Å². The maximum atomic E-state index is 12.5. The van der Waals surface area contributed by atoms with Crippen LogP contribution in [0, 0.1) is 6.92 Å². The fourth-order valence-corrected chi connectivity index (χ4v) is 2.22. The molecule has 2 aromatic carbocycles. The average molecular weight is 284 g/mol. The first-order chi connectivity index (χ1) is 10.2. The lowest BCUT2D eigenvalue weighted by molar-refractivity contribution is -0.118. The number of benzene rings is 2. The molecule has 0 aliphatic carbocycles. The Morgan fingerprint density at radius 2 is 1.86 bits per heavy atom. The zero-order valence-electron chi connectivity index (χ0n) is 12.5. The highest BCUT2D eigenvalue weighted by Gasteiger charge is 2.19. The van der Waals surface area contributed by atoms with Crippen LogP contribution in [0.25, 0.3) is 0 Å². The van der Waals surface area contributed by atoms with Gasteiger partial charge in [0.1, 0.15) is 11.8 Å². The predicted octanol–water partition coefficient (Wildman–Crippen LogP) is 2.90. The second-order valence-corrected chi connectivity index (χ2v) is 4.83. The molecule has 0 aliphatic rings. The first kappa shape index (κ1) is 15.1. The SMILES string of the molecule is CN[C@H](C(=O)Nc1cc(C)ccc1OC)c1ccccc1. The van der Waals surface area contributed by atoms with E-state index in [9.17, 15) is 4.79 Å². The summed E-state index contributed by atoms with van der Waals surface area (Å²) in [7, 11) is 3.36. The number of ether oxygens (including phenoxy) is 1. The number of nitrogens with one attached hydrogen (secondary N) is 2. The third-order valence-electron chi connectivity index (χ3n) is 3.30. The van der Waals surface area contributed by atoms with Crippen LogP contribution < -0.4 is 15.4 Å². The van der Waals surface area contributed by atoms with Gasteiger partial charge in [-0.15, -0.1) is 0 Å². The summed E-state index contributed by atoms with van der Waals surface area (Å²) in [5.74, 6) is 0.532. The fraction of sp³-hybridized carbons (Fsp3) is 0.235. The number of carbonyl (C=O) groups excluding carboxylic acids is 1. The Morgan fingerprint density at radius 1 is 1.14 bits per heavy atom. The third-order valence-corrected chi connectivity index (χ3v) is 3.30. The Balaban J connectivity index is 2.22. The summed E-state index contributed by atoms with van der Waals surface area (Å²) < 4.78 is 5.29. The van der Waals surface area contributed by atoms with E-state index in [0.29, 0.717) is 11.4 Å². The van der Waals surface area contributed by atoms with Crippen molar-refractivity contribution in [1.29, 1.82) is 0 Å². The van der Waals surface area contributed by atoms with Gasteiger partial charge in [0.15, 0.2) is 0 Å². The maximum Gasteiger partial charge on any atom is 0.246 e. The molecule has 0 saturated carbocycles. The molecule has 21 heavy (non-hydrogen) atoms. The van der Waals surface area contributed by atoms with Gasteiger partial charge in [0.2, 0.25) is 5.91 Å². The van der Waals surface area contributed by atoms with Crippen molar-refractivity contribution < 1.29 is 9.53 Å². The standard InChI is InChI=1S/C17H20N2O2/c1-12-9-10-15(21-3)14(11-12)19-17(20)16(18-2)13-7-5-4-6-8-13/h4-11,16,18H,1-3H3,(H,19,20)/t16-/m0/s1. The maximum absolute atomic E-state index is 12.5. The van der Waals surface area contributed by atoms with E-state index in [-0.39, 0.29) is 5.91 Å². The zero-order chi connectivity index (χ0) is 15.2. The summed E-state index contributed by atoms with van der Waals surface area (Å²) in [6, 6.07) is 14.9. The van der Waals surface area contributed by atoms with Crippen LogP contribution in [-0.2, 0) is 4.79 Å². The minimum absolute atomic E-state index is 0.118. The highest BCUT2D eigenvalue weighted by molar-refractivity contribution is 5.96. The molecule has 0 fully saturated rings. The number of carbonyl (C=O) groups is 1.